The second kappa shape index (κ2) is 8.64. The molecule has 0 atom stereocenters. The molecule has 1 spiro atoms. The lowest BCUT2D eigenvalue weighted by Gasteiger charge is -2.29. The first-order valence-corrected chi connectivity index (χ1v) is 11.3. The average molecular weight is 439 g/mol. The van der Waals surface area contributed by atoms with Gasteiger partial charge in [-0.3, -0.25) is 4.79 Å². The van der Waals surface area contributed by atoms with Crippen LogP contribution in [0.4, 0.5) is 10.1 Å². The molecule has 7 nitrogen and oxygen atoms in total. The molecule has 32 heavy (non-hydrogen) atoms. The quantitative estimate of drug-likeness (QED) is 0.386. The molecule has 3 saturated carbocycles. The van der Waals surface area contributed by atoms with Crippen molar-refractivity contribution in [3.63, 3.8) is 0 Å². The monoisotopic (exact) mass is 438 g/mol. The van der Waals surface area contributed by atoms with E-state index in [1.54, 1.807) is 12.1 Å². The maximum absolute atomic E-state index is 14.7. The summed E-state index contributed by atoms with van der Waals surface area (Å²) in [6.07, 6.45) is 7.05. The number of hydrogen-bond acceptors (Lipinski definition) is 6. The molecule has 4 fully saturated rings. The van der Waals surface area contributed by atoms with Gasteiger partial charge >= 0.3 is 0 Å². The predicted molar refractivity (Wildman–Crippen MR) is 115 cm³/mol. The largest absolute Gasteiger partial charge is 0.384 e. The van der Waals surface area contributed by atoms with E-state index in [9.17, 15) is 9.18 Å². The number of anilines is 1. The summed E-state index contributed by atoms with van der Waals surface area (Å²) in [5.41, 5.74) is 8.48. The van der Waals surface area contributed by atoms with Crippen LogP contribution in [0.1, 0.15) is 44.1 Å². The van der Waals surface area contributed by atoms with E-state index < -0.39 is 18.0 Å². The lowest BCUT2D eigenvalue weighted by molar-refractivity contribution is -0.203. The van der Waals surface area contributed by atoms with Crippen molar-refractivity contribution < 1.29 is 18.7 Å². The Balaban J connectivity index is 1.27. The zero-order valence-electron chi connectivity index (χ0n) is 17.9. The van der Waals surface area contributed by atoms with Gasteiger partial charge in [-0.2, -0.15) is 5.11 Å². The first kappa shape index (κ1) is 21.1. The van der Waals surface area contributed by atoms with Crippen LogP contribution in [0.5, 0.6) is 0 Å². The molecule has 1 aliphatic heterocycles. The van der Waals surface area contributed by atoms with E-state index in [0.29, 0.717) is 31.2 Å². The van der Waals surface area contributed by atoms with E-state index in [2.05, 4.69) is 22.3 Å². The Morgan fingerprint density at radius 2 is 2.03 bits per heavy atom. The number of hydrogen-bond donors (Lipinski definition) is 2. The van der Waals surface area contributed by atoms with Gasteiger partial charge in [-0.15, -0.1) is 0 Å². The standard InChI is InChI=1S/C24H27FN4O3/c25-19-8-5-17(4-3-16-1-2-16)11-21(19)29(18-6-7-18)23(30)20(28-26)12-27-13-22-31-14-24(9-10-24)15-32-22/h5,8,11-12,16,18,22,26-27H,1-2,6-7,9-10,13-15H2/b20-12-,28-26?. The second-order valence-electron chi connectivity index (χ2n) is 9.22. The van der Waals surface area contributed by atoms with E-state index >= 15 is 0 Å². The lowest BCUT2D eigenvalue weighted by Crippen LogP contribution is -2.39. The normalized spacial score (nSPS) is 22.1. The maximum Gasteiger partial charge on any atom is 0.280 e. The zero-order valence-corrected chi connectivity index (χ0v) is 17.9. The topological polar surface area (TPSA) is 87.0 Å². The first-order chi connectivity index (χ1) is 15.6. The van der Waals surface area contributed by atoms with Gasteiger partial charge in [0.25, 0.3) is 5.91 Å². The van der Waals surface area contributed by atoms with Gasteiger partial charge in [-0.1, -0.05) is 11.8 Å². The fraction of sp³-hybridized carbons (Fsp3) is 0.542. The molecular weight excluding hydrogens is 411 g/mol. The highest BCUT2D eigenvalue weighted by Crippen LogP contribution is 2.48. The highest BCUT2D eigenvalue weighted by Gasteiger charge is 2.46. The number of carbonyl (C=O) groups is 1. The van der Waals surface area contributed by atoms with Crippen molar-refractivity contribution in [1.29, 1.82) is 5.53 Å². The van der Waals surface area contributed by atoms with Crippen LogP contribution in [0.15, 0.2) is 35.2 Å². The van der Waals surface area contributed by atoms with Crippen molar-refractivity contribution >= 4 is 11.6 Å². The Morgan fingerprint density at radius 1 is 1.28 bits per heavy atom. The van der Waals surface area contributed by atoms with Gasteiger partial charge in [0.05, 0.1) is 25.4 Å². The van der Waals surface area contributed by atoms with Gasteiger partial charge in [0.1, 0.15) is 5.82 Å². The number of halogens is 1. The molecule has 1 amide bonds. The van der Waals surface area contributed by atoms with Gasteiger partial charge in [-0.25, -0.2) is 9.92 Å². The highest BCUT2D eigenvalue weighted by molar-refractivity contribution is 6.06. The fourth-order valence-corrected chi connectivity index (χ4v) is 3.72. The molecule has 4 aliphatic rings. The molecule has 1 aromatic carbocycles. The third-order valence-corrected chi connectivity index (χ3v) is 6.31. The van der Waals surface area contributed by atoms with Crippen LogP contribution in [0, 0.1) is 34.5 Å². The van der Waals surface area contributed by atoms with Crippen LogP contribution >= 0.6 is 0 Å². The number of nitrogens with zero attached hydrogens (tertiary/aromatic N) is 2. The average Bonchev–Trinajstić information content (AvgIpc) is 3.66. The number of ether oxygens (including phenoxy) is 2. The van der Waals surface area contributed by atoms with E-state index in [1.165, 1.54) is 17.2 Å². The molecule has 0 unspecified atom stereocenters. The van der Waals surface area contributed by atoms with Crippen LogP contribution in [0.3, 0.4) is 0 Å². The number of rotatable bonds is 7. The molecule has 8 heteroatoms. The van der Waals surface area contributed by atoms with E-state index in [-0.39, 0.29) is 22.8 Å². The van der Waals surface area contributed by atoms with Crippen LogP contribution < -0.4 is 10.2 Å². The minimum atomic E-state index is -0.511. The number of benzene rings is 1. The molecule has 2 N–H and O–H groups in total. The van der Waals surface area contributed by atoms with Crippen LogP contribution in [0.25, 0.3) is 0 Å². The molecule has 1 saturated heterocycles. The Hall–Kier alpha value is -2.76. The Morgan fingerprint density at radius 3 is 2.66 bits per heavy atom. The summed E-state index contributed by atoms with van der Waals surface area (Å²) in [4.78, 5) is 14.6. The molecule has 168 valence electrons. The minimum Gasteiger partial charge on any atom is -0.384 e. The van der Waals surface area contributed by atoms with Crippen molar-refractivity contribution in [2.45, 2.75) is 50.9 Å². The summed E-state index contributed by atoms with van der Waals surface area (Å²) in [5, 5.41) is 6.38. The highest BCUT2D eigenvalue weighted by atomic mass is 19.1. The van der Waals surface area contributed by atoms with Gasteiger partial charge < -0.3 is 19.7 Å². The Labute approximate surface area is 186 Å². The third-order valence-electron chi connectivity index (χ3n) is 6.31. The molecule has 1 heterocycles. The minimum absolute atomic E-state index is 0.0970. The van der Waals surface area contributed by atoms with Crippen molar-refractivity contribution in [2.75, 3.05) is 24.7 Å². The van der Waals surface area contributed by atoms with Crippen molar-refractivity contribution in [3.05, 3.63) is 41.5 Å². The molecule has 1 aromatic rings. The molecule has 5 rings (SSSR count). The summed E-state index contributed by atoms with van der Waals surface area (Å²) in [5.74, 6) is 5.68. The van der Waals surface area contributed by atoms with Crippen LogP contribution in [0.2, 0.25) is 0 Å². The molecule has 0 aromatic heterocycles. The van der Waals surface area contributed by atoms with E-state index in [0.717, 1.165) is 38.5 Å². The number of carbonyl (C=O) groups excluding carboxylic acids is 1. The van der Waals surface area contributed by atoms with Crippen LogP contribution in [-0.2, 0) is 14.3 Å². The molecule has 0 bridgehead atoms. The number of amides is 1. The summed E-state index contributed by atoms with van der Waals surface area (Å²) in [6, 6.07) is 4.49. The summed E-state index contributed by atoms with van der Waals surface area (Å²) in [7, 11) is 0. The summed E-state index contributed by atoms with van der Waals surface area (Å²) >= 11 is 0. The Kier molecular flexibility index (Phi) is 5.70. The van der Waals surface area contributed by atoms with Crippen molar-refractivity contribution in [1.82, 2.24) is 5.32 Å². The van der Waals surface area contributed by atoms with E-state index in [1.807, 2.05) is 0 Å². The first-order valence-electron chi connectivity index (χ1n) is 11.3. The smallest absolute Gasteiger partial charge is 0.280 e. The maximum atomic E-state index is 14.7. The van der Waals surface area contributed by atoms with Crippen molar-refractivity contribution in [3.8, 4) is 11.8 Å². The molecule has 3 aliphatic carbocycles. The molecular formula is C24H27FN4O3. The van der Waals surface area contributed by atoms with Crippen molar-refractivity contribution in [2.24, 2.45) is 16.4 Å². The SMILES string of the molecule is N=N/C(=C\NCC1OCC2(CC2)CO1)C(=O)N(c1cc(C#CC2CC2)ccc1F)C1CC1. The van der Waals surface area contributed by atoms with Crippen LogP contribution in [-0.4, -0.2) is 38.0 Å². The summed E-state index contributed by atoms with van der Waals surface area (Å²) < 4.78 is 26.2. The van der Waals surface area contributed by atoms with E-state index in [4.69, 9.17) is 15.0 Å². The zero-order chi connectivity index (χ0) is 22.1. The Bertz CT molecular complexity index is 992. The fourth-order valence-electron chi connectivity index (χ4n) is 3.72. The number of nitrogens with one attached hydrogen (secondary N) is 2. The third kappa shape index (κ3) is 4.84. The van der Waals surface area contributed by atoms with Gasteiger partial charge in [0, 0.05) is 29.1 Å². The van der Waals surface area contributed by atoms with Gasteiger partial charge in [0.2, 0.25) is 0 Å². The summed E-state index contributed by atoms with van der Waals surface area (Å²) in [6.45, 7) is 1.71. The molecule has 0 radical (unpaired) electrons. The predicted octanol–water partition coefficient (Wildman–Crippen LogP) is 3.70. The van der Waals surface area contributed by atoms with Gasteiger partial charge in [0.15, 0.2) is 12.0 Å². The van der Waals surface area contributed by atoms with Gasteiger partial charge in [-0.05, 0) is 56.7 Å². The second-order valence-corrected chi connectivity index (χ2v) is 9.22. The lowest BCUT2D eigenvalue weighted by atomic mass is 10.1.